The number of nitrogens with one attached hydrogen (secondary N) is 2. The van der Waals surface area contributed by atoms with Gasteiger partial charge >= 0.3 is 11.8 Å². The summed E-state index contributed by atoms with van der Waals surface area (Å²) in [5, 5.41) is 5.71. The molecule has 0 spiro atoms. The number of ether oxygens (including phenoxy) is 2. The smallest absolute Gasteiger partial charge is 0.314 e. The molecule has 1 heterocycles. The van der Waals surface area contributed by atoms with Gasteiger partial charge in [-0.2, -0.15) is 0 Å². The average molecular weight is 293 g/mol. The molecule has 7 nitrogen and oxygen atoms in total. The van der Waals surface area contributed by atoms with Gasteiger partial charge in [-0.1, -0.05) is 0 Å². The van der Waals surface area contributed by atoms with Crippen LogP contribution in [0.4, 0.5) is 5.69 Å². The van der Waals surface area contributed by atoms with Gasteiger partial charge in [0.25, 0.3) is 0 Å². The van der Waals surface area contributed by atoms with Gasteiger partial charge in [-0.15, -0.1) is 0 Å². The van der Waals surface area contributed by atoms with Gasteiger partial charge < -0.3 is 25.0 Å². The monoisotopic (exact) mass is 293 g/mol. The summed E-state index contributed by atoms with van der Waals surface area (Å²) in [7, 11) is 3.02. The molecule has 7 heteroatoms. The van der Waals surface area contributed by atoms with Gasteiger partial charge in [0.15, 0.2) is 0 Å². The first-order chi connectivity index (χ1) is 10.2. The second-order valence-corrected chi connectivity index (χ2v) is 4.56. The van der Waals surface area contributed by atoms with Crippen molar-refractivity contribution in [2.75, 3.05) is 45.7 Å². The topological polar surface area (TPSA) is 79.9 Å². The number of carbonyl (C=O) groups excluding carboxylic acids is 2. The van der Waals surface area contributed by atoms with Crippen molar-refractivity contribution in [2.24, 2.45) is 0 Å². The molecule has 1 aromatic rings. The van der Waals surface area contributed by atoms with E-state index in [-0.39, 0.29) is 0 Å². The summed E-state index contributed by atoms with van der Waals surface area (Å²) in [6.07, 6.45) is 0. The van der Waals surface area contributed by atoms with Crippen LogP contribution in [-0.2, 0) is 9.59 Å². The molecule has 114 valence electrons. The number of nitrogens with zero attached hydrogens (tertiary/aromatic N) is 1. The summed E-state index contributed by atoms with van der Waals surface area (Å²) in [5.74, 6) is -0.178. The highest BCUT2D eigenvalue weighted by atomic mass is 16.5. The van der Waals surface area contributed by atoms with Crippen molar-refractivity contribution in [3.8, 4) is 11.5 Å². The molecular formula is C14H19N3O4. The van der Waals surface area contributed by atoms with E-state index >= 15 is 0 Å². The highest BCUT2D eigenvalue weighted by molar-refractivity contribution is 6.39. The van der Waals surface area contributed by atoms with E-state index < -0.39 is 11.8 Å². The van der Waals surface area contributed by atoms with Crippen molar-refractivity contribution in [1.82, 2.24) is 10.2 Å². The predicted octanol–water partition coefficient (Wildman–Crippen LogP) is 0.0741. The number of benzene rings is 1. The second-order valence-electron chi connectivity index (χ2n) is 4.56. The van der Waals surface area contributed by atoms with Crippen LogP contribution in [0.25, 0.3) is 0 Å². The molecule has 0 radical (unpaired) electrons. The van der Waals surface area contributed by atoms with Gasteiger partial charge in [-0.25, -0.2) is 0 Å². The van der Waals surface area contributed by atoms with Crippen LogP contribution in [0.3, 0.4) is 0 Å². The minimum absolute atomic E-state index is 0.408. The Bertz CT molecular complexity index is 527. The van der Waals surface area contributed by atoms with Gasteiger partial charge in [0.2, 0.25) is 0 Å². The van der Waals surface area contributed by atoms with Gasteiger partial charge in [0.05, 0.1) is 19.9 Å². The Morgan fingerprint density at radius 1 is 1.19 bits per heavy atom. The van der Waals surface area contributed by atoms with Crippen molar-refractivity contribution >= 4 is 17.5 Å². The lowest BCUT2D eigenvalue weighted by atomic mass is 10.2. The Labute approximate surface area is 123 Å². The number of rotatable bonds is 3. The van der Waals surface area contributed by atoms with E-state index in [4.69, 9.17) is 9.47 Å². The maximum Gasteiger partial charge on any atom is 0.314 e. The molecule has 0 atom stereocenters. The molecule has 1 aliphatic rings. The van der Waals surface area contributed by atoms with E-state index in [2.05, 4.69) is 10.6 Å². The van der Waals surface area contributed by atoms with Gasteiger partial charge in [-0.05, 0) is 12.1 Å². The fourth-order valence-corrected chi connectivity index (χ4v) is 2.10. The maximum absolute atomic E-state index is 12.1. The molecule has 1 aromatic carbocycles. The zero-order chi connectivity index (χ0) is 15.2. The molecule has 21 heavy (non-hydrogen) atoms. The minimum atomic E-state index is -0.677. The number of carbonyl (C=O) groups is 2. The van der Waals surface area contributed by atoms with Gasteiger partial charge in [0.1, 0.15) is 11.5 Å². The molecule has 0 saturated carbocycles. The number of methoxy groups -OCH3 is 2. The summed E-state index contributed by atoms with van der Waals surface area (Å²) >= 11 is 0. The normalized spacial score (nSPS) is 14.5. The van der Waals surface area contributed by atoms with E-state index in [1.165, 1.54) is 19.1 Å². The third-order valence-electron chi connectivity index (χ3n) is 3.25. The standard InChI is InChI=1S/C14H19N3O4/c1-20-10-3-4-12(21-2)11(9-10)16-13(18)14(19)17-7-5-15-6-8-17/h3-4,9,15H,5-8H2,1-2H3,(H,16,18). The Morgan fingerprint density at radius 2 is 1.90 bits per heavy atom. The number of amides is 2. The fraction of sp³-hybridized carbons (Fsp3) is 0.429. The van der Waals surface area contributed by atoms with E-state index in [0.29, 0.717) is 43.4 Å². The summed E-state index contributed by atoms with van der Waals surface area (Å²) in [6.45, 7) is 2.45. The van der Waals surface area contributed by atoms with Crippen molar-refractivity contribution in [3.63, 3.8) is 0 Å². The van der Waals surface area contributed by atoms with E-state index in [1.54, 1.807) is 18.2 Å². The SMILES string of the molecule is COc1ccc(OC)c(NC(=O)C(=O)N2CCNCC2)c1. The first-order valence-corrected chi connectivity index (χ1v) is 6.68. The van der Waals surface area contributed by atoms with E-state index in [0.717, 1.165) is 0 Å². The second kappa shape index (κ2) is 6.94. The third-order valence-corrected chi connectivity index (χ3v) is 3.25. The van der Waals surface area contributed by atoms with Crippen LogP contribution in [-0.4, -0.2) is 57.1 Å². The molecule has 1 aliphatic heterocycles. The van der Waals surface area contributed by atoms with E-state index in [1.807, 2.05) is 0 Å². The molecule has 0 unspecified atom stereocenters. The van der Waals surface area contributed by atoms with Crippen LogP contribution in [0.1, 0.15) is 0 Å². The van der Waals surface area contributed by atoms with Gasteiger partial charge in [-0.3, -0.25) is 9.59 Å². The molecule has 0 bridgehead atoms. The Hall–Kier alpha value is -2.28. The van der Waals surface area contributed by atoms with E-state index in [9.17, 15) is 9.59 Å². The molecule has 1 saturated heterocycles. The fourth-order valence-electron chi connectivity index (χ4n) is 2.10. The molecule has 0 aliphatic carbocycles. The third kappa shape index (κ3) is 3.63. The predicted molar refractivity (Wildman–Crippen MR) is 77.6 cm³/mol. The van der Waals surface area contributed by atoms with Crippen LogP contribution in [0.15, 0.2) is 18.2 Å². The summed E-state index contributed by atoms with van der Waals surface area (Å²) in [4.78, 5) is 25.7. The summed E-state index contributed by atoms with van der Waals surface area (Å²) < 4.78 is 10.3. The number of anilines is 1. The van der Waals surface area contributed by atoms with Crippen molar-refractivity contribution in [1.29, 1.82) is 0 Å². The summed E-state index contributed by atoms with van der Waals surface area (Å²) in [6, 6.07) is 5.00. The van der Waals surface area contributed by atoms with Crippen LogP contribution >= 0.6 is 0 Å². The molecule has 2 amide bonds. The van der Waals surface area contributed by atoms with Crippen LogP contribution in [0.2, 0.25) is 0 Å². The molecule has 2 rings (SSSR count). The Balaban J connectivity index is 2.09. The lowest BCUT2D eigenvalue weighted by molar-refractivity contribution is -0.143. The molecule has 2 N–H and O–H groups in total. The zero-order valence-electron chi connectivity index (χ0n) is 12.1. The average Bonchev–Trinajstić information content (AvgIpc) is 2.54. The maximum atomic E-state index is 12.1. The van der Waals surface area contributed by atoms with Crippen molar-refractivity contribution < 1.29 is 19.1 Å². The lowest BCUT2D eigenvalue weighted by Gasteiger charge is -2.26. The first-order valence-electron chi connectivity index (χ1n) is 6.68. The van der Waals surface area contributed by atoms with Crippen LogP contribution in [0.5, 0.6) is 11.5 Å². The van der Waals surface area contributed by atoms with Crippen LogP contribution in [0, 0.1) is 0 Å². The summed E-state index contributed by atoms with van der Waals surface area (Å²) in [5.41, 5.74) is 0.408. The highest BCUT2D eigenvalue weighted by Gasteiger charge is 2.24. The number of hydrogen-bond donors (Lipinski definition) is 2. The number of piperazine rings is 1. The largest absolute Gasteiger partial charge is 0.497 e. The molecular weight excluding hydrogens is 274 g/mol. The van der Waals surface area contributed by atoms with Gasteiger partial charge in [0, 0.05) is 32.2 Å². The molecule has 1 fully saturated rings. The van der Waals surface area contributed by atoms with Crippen LogP contribution < -0.4 is 20.1 Å². The Kier molecular flexibility index (Phi) is 4.99. The zero-order valence-corrected chi connectivity index (χ0v) is 12.1. The number of hydrogen-bond acceptors (Lipinski definition) is 5. The van der Waals surface area contributed by atoms with Crippen molar-refractivity contribution in [2.45, 2.75) is 0 Å². The quantitative estimate of drug-likeness (QED) is 0.771. The highest BCUT2D eigenvalue weighted by Crippen LogP contribution is 2.28. The Morgan fingerprint density at radius 3 is 2.52 bits per heavy atom. The lowest BCUT2D eigenvalue weighted by Crippen LogP contribution is -2.49. The van der Waals surface area contributed by atoms with Crippen molar-refractivity contribution in [3.05, 3.63) is 18.2 Å². The molecule has 0 aromatic heterocycles. The first kappa shape index (κ1) is 15.1. The minimum Gasteiger partial charge on any atom is -0.497 e.